The predicted octanol–water partition coefficient (Wildman–Crippen LogP) is 3.27. The van der Waals surface area contributed by atoms with Crippen LogP contribution in [0.3, 0.4) is 0 Å². The Morgan fingerprint density at radius 1 is 1.00 bits per heavy atom. The predicted molar refractivity (Wildman–Crippen MR) is 58.5 cm³/mol. The van der Waals surface area contributed by atoms with E-state index in [1.165, 1.54) is 16.5 Å². The standard InChI is InChI=1S/C11H11N.ClH/c1-8-6-7-12-11-9(2)4-3-5-10(8)11;/h3-7H,1-2H3;1H. The van der Waals surface area contributed by atoms with E-state index in [2.05, 4.69) is 37.0 Å². The van der Waals surface area contributed by atoms with Crippen molar-refractivity contribution in [2.24, 2.45) is 0 Å². The minimum Gasteiger partial charge on any atom is -0.256 e. The first-order valence-electron chi connectivity index (χ1n) is 4.10. The van der Waals surface area contributed by atoms with Gasteiger partial charge in [0.2, 0.25) is 0 Å². The van der Waals surface area contributed by atoms with Gasteiger partial charge in [-0.15, -0.1) is 12.4 Å². The van der Waals surface area contributed by atoms with Crippen LogP contribution in [0.25, 0.3) is 10.9 Å². The van der Waals surface area contributed by atoms with Crippen LogP contribution in [0, 0.1) is 13.8 Å². The zero-order chi connectivity index (χ0) is 8.55. The van der Waals surface area contributed by atoms with Crippen molar-refractivity contribution in [1.29, 1.82) is 0 Å². The number of hydrogen-bond donors (Lipinski definition) is 0. The van der Waals surface area contributed by atoms with E-state index in [1.807, 2.05) is 12.3 Å². The molecule has 1 heterocycles. The third-order valence-corrected chi connectivity index (χ3v) is 2.19. The van der Waals surface area contributed by atoms with Crippen molar-refractivity contribution in [2.75, 3.05) is 0 Å². The molecule has 0 N–H and O–H groups in total. The van der Waals surface area contributed by atoms with Crippen molar-refractivity contribution in [1.82, 2.24) is 4.98 Å². The van der Waals surface area contributed by atoms with Gasteiger partial charge in [-0.05, 0) is 31.0 Å². The highest BCUT2D eigenvalue weighted by Gasteiger charge is 1.98. The molecule has 0 aliphatic rings. The lowest BCUT2D eigenvalue weighted by molar-refractivity contribution is 1.34. The lowest BCUT2D eigenvalue weighted by atomic mass is 10.1. The third kappa shape index (κ3) is 1.65. The number of rotatable bonds is 0. The van der Waals surface area contributed by atoms with Crippen molar-refractivity contribution < 1.29 is 0 Å². The summed E-state index contributed by atoms with van der Waals surface area (Å²) in [5, 5.41) is 1.26. The average Bonchev–Trinajstić information content (AvgIpc) is 2.07. The summed E-state index contributed by atoms with van der Waals surface area (Å²) in [7, 11) is 0. The average molecular weight is 194 g/mol. The lowest BCUT2D eigenvalue weighted by Crippen LogP contribution is -1.84. The van der Waals surface area contributed by atoms with E-state index in [4.69, 9.17) is 0 Å². The zero-order valence-corrected chi connectivity index (χ0v) is 8.56. The number of aryl methyl sites for hydroxylation is 2. The summed E-state index contributed by atoms with van der Waals surface area (Å²) in [6, 6.07) is 8.33. The maximum absolute atomic E-state index is 4.34. The Kier molecular flexibility index (Phi) is 2.89. The van der Waals surface area contributed by atoms with Gasteiger partial charge in [-0.25, -0.2) is 0 Å². The number of benzene rings is 1. The highest BCUT2D eigenvalue weighted by Crippen LogP contribution is 2.18. The topological polar surface area (TPSA) is 12.9 Å². The highest BCUT2D eigenvalue weighted by atomic mass is 35.5. The molecule has 2 heteroatoms. The van der Waals surface area contributed by atoms with E-state index < -0.39 is 0 Å². The Bertz CT molecular complexity index is 382. The van der Waals surface area contributed by atoms with Gasteiger partial charge in [0.05, 0.1) is 5.52 Å². The van der Waals surface area contributed by atoms with Crippen molar-refractivity contribution in [2.45, 2.75) is 13.8 Å². The largest absolute Gasteiger partial charge is 0.256 e. The molecule has 0 atom stereocenters. The first-order valence-corrected chi connectivity index (χ1v) is 4.10. The zero-order valence-electron chi connectivity index (χ0n) is 7.74. The van der Waals surface area contributed by atoms with E-state index in [0.29, 0.717) is 0 Å². The molecule has 0 aliphatic carbocycles. The molecule has 1 aromatic carbocycles. The van der Waals surface area contributed by atoms with Crippen LogP contribution >= 0.6 is 12.4 Å². The van der Waals surface area contributed by atoms with Gasteiger partial charge in [0.15, 0.2) is 0 Å². The Labute approximate surface area is 84.2 Å². The second-order valence-corrected chi connectivity index (χ2v) is 3.10. The molecule has 0 amide bonds. The quantitative estimate of drug-likeness (QED) is 0.626. The normalized spacial score (nSPS) is 9.69. The molecule has 0 saturated heterocycles. The first-order chi connectivity index (χ1) is 5.79. The van der Waals surface area contributed by atoms with Crippen molar-refractivity contribution in [3.05, 3.63) is 41.6 Å². The van der Waals surface area contributed by atoms with Gasteiger partial charge in [0.1, 0.15) is 0 Å². The Hall–Kier alpha value is -1.08. The fourth-order valence-corrected chi connectivity index (χ4v) is 1.46. The number of fused-ring (bicyclic) bond motifs is 1. The van der Waals surface area contributed by atoms with E-state index in [9.17, 15) is 0 Å². The molecule has 0 radical (unpaired) electrons. The van der Waals surface area contributed by atoms with E-state index >= 15 is 0 Å². The van der Waals surface area contributed by atoms with Gasteiger partial charge in [0, 0.05) is 11.6 Å². The van der Waals surface area contributed by atoms with E-state index in [1.54, 1.807) is 0 Å². The maximum atomic E-state index is 4.34. The molecular formula is C11H12ClN. The van der Waals surface area contributed by atoms with Gasteiger partial charge in [-0.3, -0.25) is 4.98 Å². The van der Waals surface area contributed by atoms with Gasteiger partial charge in [0.25, 0.3) is 0 Å². The monoisotopic (exact) mass is 193 g/mol. The second kappa shape index (κ2) is 3.75. The number of pyridine rings is 1. The fraction of sp³-hybridized carbons (Fsp3) is 0.182. The molecule has 68 valence electrons. The molecule has 13 heavy (non-hydrogen) atoms. The molecule has 0 bridgehead atoms. The fourth-order valence-electron chi connectivity index (χ4n) is 1.46. The van der Waals surface area contributed by atoms with E-state index in [-0.39, 0.29) is 12.4 Å². The van der Waals surface area contributed by atoms with Gasteiger partial charge in [-0.1, -0.05) is 18.2 Å². The number of halogens is 1. The summed E-state index contributed by atoms with van der Waals surface area (Å²) in [5.41, 5.74) is 3.66. The van der Waals surface area contributed by atoms with Crippen LogP contribution in [0.2, 0.25) is 0 Å². The summed E-state index contributed by atoms with van der Waals surface area (Å²) in [6.07, 6.45) is 1.87. The third-order valence-electron chi connectivity index (χ3n) is 2.19. The Balaban J connectivity index is 0.000000845. The number of para-hydroxylation sites is 1. The first kappa shape index (κ1) is 10.0. The molecule has 0 unspecified atom stereocenters. The minimum atomic E-state index is 0. The van der Waals surface area contributed by atoms with E-state index in [0.717, 1.165) is 5.52 Å². The van der Waals surface area contributed by atoms with Crippen LogP contribution in [0.1, 0.15) is 11.1 Å². The number of nitrogens with zero attached hydrogens (tertiary/aromatic N) is 1. The van der Waals surface area contributed by atoms with Crippen LogP contribution in [0.15, 0.2) is 30.5 Å². The molecule has 0 saturated carbocycles. The maximum Gasteiger partial charge on any atom is 0.0733 e. The van der Waals surface area contributed by atoms with Crippen LogP contribution < -0.4 is 0 Å². The van der Waals surface area contributed by atoms with Crippen molar-refractivity contribution in [3.63, 3.8) is 0 Å². The molecule has 1 aromatic heterocycles. The van der Waals surface area contributed by atoms with Crippen LogP contribution in [0.5, 0.6) is 0 Å². The molecule has 0 spiro atoms. The molecule has 2 aromatic rings. The van der Waals surface area contributed by atoms with Gasteiger partial charge < -0.3 is 0 Å². The van der Waals surface area contributed by atoms with Crippen LogP contribution in [-0.2, 0) is 0 Å². The molecule has 1 nitrogen and oxygen atoms in total. The second-order valence-electron chi connectivity index (χ2n) is 3.10. The van der Waals surface area contributed by atoms with Gasteiger partial charge >= 0.3 is 0 Å². The van der Waals surface area contributed by atoms with Gasteiger partial charge in [-0.2, -0.15) is 0 Å². The Morgan fingerprint density at radius 2 is 1.77 bits per heavy atom. The Morgan fingerprint density at radius 3 is 2.46 bits per heavy atom. The summed E-state index contributed by atoms with van der Waals surface area (Å²) in [6.45, 7) is 4.21. The lowest BCUT2D eigenvalue weighted by Gasteiger charge is -2.02. The molecule has 0 fully saturated rings. The highest BCUT2D eigenvalue weighted by molar-refractivity contribution is 5.85. The number of hydrogen-bond acceptors (Lipinski definition) is 1. The van der Waals surface area contributed by atoms with Crippen LogP contribution in [0.4, 0.5) is 0 Å². The molecule has 0 aliphatic heterocycles. The molecular weight excluding hydrogens is 182 g/mol. The van der Waals surface area contributed by atoms with Crippen LogP contribution in [-0.4, -0.2) is 4.98 Å². The summed E-state index contributed by atoms with van der Waals surface area (Å²) < 4.78 is 0. The summed E-state index contributed by atoms with van der Waals surface area (Å²) >= 11 is 0. The smallest absolute Gasteiger partial charge is 0.0733 e. The summed E-state index contributed by atoms with van der Waals surface area (Å²) in [5.74, 6) is 0. The molecule has 2 rings (SSSR count). The minimum absolute atomic E-state index is 0. The van der Waals surface area contributed by atoms with Crippen molar-refractivity contribution >= 4 is 23.3 Å². The number of aromatic nitrogens is 1. The van der Waals surface area contributed by atoms with Crippen molar-refractivity contribution in [3.8, 4) is 0 Å². The SMILES string of the molecule is Cc1ccnc2c(C)cccc12.Cl. The summed E-state index contributed by atoms with van der Waals surface area (Å²) in [4.78, 5) is 4.34.